The molecule has 1 amide bonds. The van der Waals surface area contributed by atoms with Crippen molar-refractivity contribution in [3.05, 3.63) is 24.3 Å². The molecular formula is C13H18N2O4S. The Hall–Kier alpha value is -1.44. The van der Waals surface area contributed by atoms with E-state index in [1.165, 1.54) is 19.1 Å². The van der Waals surface area contributed by atoms with E-state index in [4.69, 9.17) is 4.74 Å². The Morgan fingerprint density at radius 3 is 2.35 bits per heavy atom. The van der Waals surface area contributed by atoms with E-state index in [-0.39, 0.29) is 16.8 Å². The first kappa shape index (κ1) is 15.0. The van der Waals surface area contributed by atoms with Crippen LogP contribution in [0.3, 0.4) is 0 Å². The fraction of sp³-hybridized carbons (Fsp3) is 0.462. The zero-order valence-electron chi connectivity index (χ0n) is 11.3. The number of amides is 1. The number of carbonyl (C=O) groups excluding carboxylic acids is 1. The van der Waals surface area contributed by atoms with Gasteiger partial charge in [-0.3, -0.25) is 4.79 Å². The third kappa shape index (κ3) is 4.03. The van der Waals surface area contributed by atoms with Gasteiger partial charge in [0, 0.05) is 31.9 Å². The summed E-state index contributed by atoms with van der Waals surface area (Å²) in [5, 5.41) is 2.59. The van der Waals surface area contributed by atoms with Crippen LogP contribution in [-0.2, 0) is 19.6 Å². The van der Waals surface area contributed by atoms with Crippen LogP contribution in [0.25, 0.3) is 0 Å². The summed E-state index contributed by atoms with van der Waals surface area (Å²) in [6.45, 7) is 2.56. The van der Waals surface area contributed by atoms with E-state index < -0.39 is 10.0 Å². The van der Waals surface area contributed by atoms with E-state index in [9.17, 15) is 13.2 Å². The molecule has 110 valence electrons. The fourth-order valence-corrected chi connectivity index (χ4v) is 3.33. The lowest BCUT2D eigenvalue weighted by molar-refractivity contribution is -0.114. The van der Waals surface area contributed by atoms with Gasteiger partial charge in [0.15, 0.2) is 0 Å². The Labute approximate surface area is 118 Å². The number of hydrogen-bond donors (Lipinski definition) is 2. The van der Waals surface area contributed by atoms with Gasteiger partial charge in [0.05, 0.1) is 4.90 Å². The van der Waals surface area contributed by atoms with E-state index in [2.05, 4.69) is 10.0 Å². The van der Waals surface area contributed by atoms with Gasteiger partial charge in [-0.25, -0.2) is 13.1 Å². The molecule has 0 atom stereocenters. The molecule has 0 saturated carbocycles. The van der Waals surface area contributed by atoms with Gasteiger partial charge in [0.25, 0.3) is 0 Å². The molecule has 20 heavy (non-hydrogen) atoms. The quantitative estimate of drug-likeness (QED) is 0.872. The number of anilines is 1. The van der Waals surface area contributed by atoms with Crippen LogP contribution in [0.1, 0.15) is 19.8 Å². The molecule has 1 aliphatic rings. The average Bonchev–Trinajstić information content (AvgIpc) is 2.39. The third-order valence-electron chi connectivity index (χ3n) is 3.03. The zero-order valence-corrected chi connectivity index (χ0v) is 12.1. The highest BCUT2D eigenvalue weighted by atomic mass is 32.2. The molecule has 2 rings (SSSR count). The average molecular weight is 298 g/mol. The van der Waals surface area contributed by atoms with Gasteiger partial charge in [-0.1, -0.05) is 0 Å². The van der Waals surface area contributed by atoms with Gasteiger partial charge in [-0.2, -0.15) is 0 Å². The molecular weight excluding hydrogens is 280 g/mol. The second-order valence-corrected chi connectivity index (χ2v) is 6.43. The third-order valence-corrected chi connectivity index (χ3v) is 4.56. The van der Waals surface area contributed by atoms with Crippen LogP contribution in [0.15, 0.2) is 29.2 Å². The molecule has 7 heteroatoms. The van der Waals surface area contributed by atoms with Crippen LogP contribution in [0.5, 0.6) is 0 Å². The van der Waals surface area contributed by atoms with Crippen LogP contribution in [-0.4, -0.2) is 33.6 Å². The smallest absolute Gasteiger partial charge is 0.240 e. The molecule has 1 aromatic rings. The van der Waals surface area contributed by atoms with Gasteiger partial charge in [-0.15, -0.1) is 0 Å². The van der Waals surface area contributed by atoms with E-state index in [1.807, 2.05) is 0 Å². The van der Waals surface area contributed by atoms with Crippen molar-refractivity contribution in [3.63, 3.8) is 0 Å². The largest absolute Gasteiger partial charge is 0.381 e. The Morgan fingerprint density at radius 1 is 1.20 bits per heavy atom. The predicted octanol–water partition coefficient (Wildman–Crippen LogP) is 1.10. The number of carbonyl (C=O) groups is 1. The van der Waals surface area contributed by atoms with Gasteiger partial charge < -0.3 is 10.1 Å². The van der Waals surface area contributed by atoms with Crippen molar-refractivity contribution in [2.75, 3.05) is 18.5 Å². The zero-order chi connectivity index (χ0) is 14.6. The first-order valence-electron chi connectivity index (χ1n) is 6.45. The Balaban J connectivity index is 2.06. The molecule has 2 N–H and O–H groups in total. The van der Waals surface area contributed by atoms with Gasteiger partial charge >= 0.3 is 0 Å². The molecule has 1 saturated heterocycles. The minimum atomic E-state index is -3.52. The van der Waals surface area contributed by atoms with E-state index in [0.717, 1.165) is 0 Å². The van der Waals surface area contributed by atoms with E-state index in [0.29, 0.717) is 31.7 Å². The van der Waals surface area contributed by atoms with Gasteiger partial charge in [0.1, 0.15) is 0 Å². The number of nitrogens with one attached hydrogen (secondary N) is 2. The second kappa shape index (κ2) is 6.34. The summed E-state index contributed by atoms with van der Waals surface area (Å²) in [4.78, 5) is 11.1. The van der Waals surface area contributed by atoms with Crippen molar-refractivity contribution in [2.45, 2.75) is 30.7 Å². The van der Waals surface area contributed by atoms with Crippen LogP contribution in [0, 0.1) is 0 Å². The SMILES string of the molecule is CC(=O)Nc1ccc(S(=O)(=O)NC2CCOCC2)cc1. The standard InChI is InChI=1S/C13H18N2O4S/c1-10(16)14-11-2-4-13(5-3-11)20(17,18)15-12-6-8-19-9-7-12/h2-5,12,15H,6-9H2,1H3,(H,14,16). The first-order chi connectivity index (χ1) is 9.47. The summed E-state index contributed by atoms with van der Waals surface area (Å²) in [5.41, 5.74) is 0.572. The van der Waals surface area contributed by atoms with Crippen molar-refractivity contribution in [1.82, 2.24) is 4.72 Å². The van der Waals surface area contributed by atoms with Crippen LogP contribution >= 0.6 is 0 Å². The maximum absolute atomic E-state index is 12.2. The van der Waals surface area contributed by atoms with Crippen molar-refractivity contribution < 1.29 is 17.9 Å². The highest BCUT2D eigenvalue weighted by Crippen LogP contribution is 2.16. The minimum absolute atomic E-state index is 0.0798. The normalized spacial score (nSPS) is 16.9. The summed E-state index contributed by atoms with van der Waals surface area (Å²) in [7, 11) is -3.52. The van der Waals surface area contributed by atoms with Crippen molar-refractivity contribution in [3.8, 4) is 0 Å². The number of hydrogen-bond acceptors (Lipinski definition) is 4. The lowest BCUT2D eigenvalue weighted by atomic mass is 10.1. The highest BCUT2D eigenvalue weighted by molar-refractivity contribution is 7.89. The topological polar surface area (TPSA) is 84.5 Å². The molecule has 1 aromatic carbocycles. The van der Waals surface area contributed by atoms with Crippen LogP contribution in [0.2, 0.25) is 0 Å². The van der Waals surface area contributed by atoms with Crippen molar-refractivity contribution in [2.24, 2.45) is 0 Å². The summed E-state index contributed by atoms with van der Waals surface area (Å²) in [5.74, 6) is -0.194. The van der Waals surface area contributed by atoms with E-state index >= 15 is 0 Å². The summed E-state index contributed by atoms with van der Waals surface area (Å²) < 4.78 is 32.3. The number of benzene rings is 1. The minimum Gasteiger partial charge on any atom is -0.381 e. The molecule has 0 aromatic heterocycles. The van der Waals surface area contributed by atoms with Crippen LogP contribution < -0.4 is 10.0 Å². The Morgan fingerprint density at radius 2 is 1.80 bits per heavy atom. The molecule has 0 aliphatic carbocycles. The number of rotatable bonds is 4. The summed E-state index contributed by atoms with van der Waals surface area (Å²) >= 11 is 0. The maximum atomic E-state index is 12.2. The first-order valence-corrected chi connectivity index (χ1v) is 7.93. The number of sulfonamides is 1. The molecule has 0 unspecified atom stereocenters. The molecule has 6 nitrogen and oxygen atoms in total. The number of ether oxygens (including phenoxy) is 1. The summed E-state index contributed by atoms with van der Waals surface area (Å²) in [6.07, 6.45) is 1.37. The van der Waals surface area contributed by atoms with Gasteiger partial charge in [-0.05, 0) is 37.1 Å². The fourth-order valence-electron chi connectivity index (χ4n) is 2.02. The van der Waals surface area contributed by atoms with Crippen molar-refractivity contribution in [1.29, 1.82) is 0 Å². The van der Waals surface area contributed by atoms with Crippen LogP contribution in [0.4, 0.5) is 5.69 Å². The summed E-state index contributed by atoms with van der Waals surface area (Å²) in [6, 6.07) is 6.02. The monoisotopic (exact) mass is 298 g/mol. The maximum Gasteiger partial charge on any atom is 0.240 e. The molecule has 0 radical (unpaired) electrons. The Bertz CT molecular complexity index is 563. The Kier molecular flexibility index (Phi) is 4.74. The second-order valence-electron chi connectivity index (χ2n) is 4.71. The highest BCUT2D eigenvalue weighted by Gasteiger charge is 2.21. The molecule has 1 fully saturated rings. The molecule has 0 bridgehead atoms. The lowest BCUT2D eigenvalue weighted by Gasteiger charge is -2.23. The molecule has 0 spiro atoms. The van der Waals surface area contributed by atoms with Gasteiger partial charge in [0.2, 0.25) is 15.9 Å². The molecule has 1 aliphatic heterocycles. The lowest BCUT2D eigenvalue weighted by Crippen LogP contribution is -2.38. The van der Waals surface area contributed by atoms with E-state index in [1.54, 1.807) is 12.1 Å². The van der Waals surface area contributed by atoms with Crippen molar-refractivity contribution >= 4 is 21.6 Å². The molecule has 1 heterocycles. The predicted molar refractivity (Wildman–Crippen MR) is 74.9 cm³/mol.